The summed E-state index contributed by atoms with van der Waals surface area (Å²) in [5.74, 6) is -0.342. The first-order valence-electron chi connectivity index (χ1n) is 5.79. The molecule has 0 aromatic heterocycles. The molecule has 1 amide bonds. The first-order valence-corrected chi connectivity index (χ1v) is 6.58. The van der Waals surface area contributed by atoms with E-state index < -0.39 is 0 Å². The zero-order chi connectivity index (χ0) is 13.1. The molecular weight excluding hydrogens is 298 g/mol. The van der Waals surface area contributed by atoms with Crippen LogP contribution in [0.3, 0.4) is 0 Å². The van der Waals surface area contributed by atoms with Gasteiger partial charge in [-0.15, -0.1) is 0 Å². The number of halogens is 1. The molecule has 0 saturated carbocycles. The number of hydrogen-bond donors (Lipinski definition) is 1. The van der Waals surface area contributed by atoms with Gasteiger partial charge in [-0.3, -0.25) is 4.79 Å². The topological polar surface area (TPSA) is 55.4 Å². The highest BCUT2D eigenvalue weighted by Gasteiger charge is 2.22. The summed E-state index contributed by atoms with van der Waals surface area (Å²) in [5, 5.41) is 2.76. The summed E-state index contributed by atoms with van der Waals surface area (Å²) in [4.78, 5) is 22.8. The third-order valence-electron chi connectivity index (χ3n) is 2.91. The van der Waals surface area contributed by atoms with Crippen LogP contribution in [0.25, 0.3) is 0 Å². The van der Waals surface area contributed by atoms with Crippen LogP contribution in [0.1, 0.15) is 28.8 Å². The molecule has 1 N–H and O–H groups in total. The highest BCUT2D eigenvalue weighted by atomic mass is 79.9. The van der Waals surface area contributed by atoms with Crippen molar-refractivity contribution < 1.29 is 14.3 Å². The van der Waals surface area contributed by atoms with Crippen LogP contribution in [0, 0.1) is 6.92 Å². The number of carbonyl (C=O) groups is 2. The fourth-order valence-electron chi connectivity index (χ4n) is 1.78. The van der Waals surface area contributed by atoms with Crippen molar-refractivity contribution in [2.75, 3.05) is 6.61 Å². The van der Waals surface area contributed by atoms with Crippen LogP contribution in [-0.2, 0) is 9.53 Å². The molecule has 0 aliphatic carbocycles. The number of rotatable bonds is 3. The summed E-state index contributed by atoms with van der Waals surface area (Å²) in [7, 11) is 0. The van der Waals surface area contributed by atoms with E-state index >= 15 is 0 Å². The minimum Gasteiger partial charge on any atom is -0.460 e. The van der Waals surface area contributed by atoms with Crippen molar-refractivity contribution in [1.29, 1.82) is 0 Å². The normalized spacial score (nSPS) is 18.6. The fraction of sp³-hybridized carbons (Fsp3) is 0.385. The van der Waals surface area contributed by atoms with Crippen molar-refractivity contribution in [3.05, 3.63) is 33.8 Å². The molecule has 4 nitrogen and oxygen atoms in total. The van der Waals surface area contributed by atoms with Gasteiger partial charge in [-0.1, -0.05) is 22.0 Å². The summed E-state index contributed by atoms with van der Waals surface area (Å²) in [6, 6.07) is 5.29. The first kappa shape index (κ1) is 13.1. The van der Waals surface area contributed by atoms with Crippen molar-refractivity contribution >= 4 is 27.8 Å². The molecule has 1 heterocycles. The molecule has 2 rings (SSSR count). The Morgan fingerprint density at radius 2 is 2.33 bits per heavy atom. The van der Waals surface area contributed by atoms with Gasteiger partial charge in [0.05, 0.1) is 11.6 Å². The van der Waals surface area contributed by atoms with Crippen LogP contribution in [0.15, 0.2) is 22.7 Å². The minimum atomic E-state index is -0.364. The van der Waals surface area contributed by atoms with E-state index in [2.05, 4.69) is 21.2 Å². The van der Waals surface area contributed by atoms with E-state index in [-0.39, 0.29) is 24.5 Å². The second kappa shape index (κ2) is 5.52. The monoisotopic (exact) mass is 311 g/mol. The average molecular weight is 312 g/mol. The Morgan fingerprint density at radius 3 is 2.94 bits per heavy atom. The van der Waals surface area contributed by atoms with Gasteiger partial charge in [-0.25, -0.2) is 4.79 Å². The summed E-state index contributed by atoms with van der Waals surface area (Å²) in [6.45, 7) is 2.18. The van der Waals surface area contributed by atoms with Crippen molar-refractivity contribution in [3.8, 4) is 0 Å². The Morgan fingerprint density at radius 1 is 1.56 bits per heavy atom. The molecule has 1 aliphatic heterocycles. The number of carbonyl (C=O) groups excluding carboxylic acids is 2. The van der Waals surface area contributed by atoms with Crippen molar-refractivity contribution in [3.63, 3.8) is 0 Å². The molecule has 1 atom stereocenters. The number of aryl methyl sites for hydroxylation is 1. The maximum atomic E-state index is 11.8. The molecule has 0 spiro atoms. The summed E-state index contributed by atoms with van der Waals surface area (Å²) in [5.41, 5.74) is 1.58. The molecule has 0 bridgehead atoms. The maximum Gasteiger partial charge on any atom is 0.338 e. The maximum absolute atomic E-state index is 11.8. The van der Waals surface area contributed by atoms with E-state index in [1.54, 1.807) is 12.1 Å². The second-order valence-corrected chi connectivity index (χ2v) is 5.22. The predicted octanol–water partition coefficient (Wildman–Crippen LogP) is 2.19. The highest BCUT2D eigenvalue weighted by Crippen LogP contribution is 2.18. The van der Waals surface area contributed by atoms with Gasteiger partial charge in [-0.2, -0.15) is 0 Å². The number of nitrogens with one attached hydrogen (secondary N) is 1. The lowest BCUT2D eigenvalue weighted by atomic mass is 10.1. The number of ether oxygens (including phenoxy) is 1. The zero-order valence-corrected chi connectivity index (χ0v) is 11.6. The smallest absolute Gasteiger partial charge is 0.338 e. The minimum absolute atomic E-state index is 0.0223. The van der Waals surface area contributed by atoms with Crippen LogP contribution in [0.5, 0.6) is 0 Å². The SMILES string of the molecule is Cc1ccc(C(=O)OCC2CCC(=O)N2)cc1Br. The summed E-state index contributed by atoms with van der Waals surface area (Å²) >= 11 is 3.37. The predicted molar refractivity (Wildman–Crippen MR) is 70.3 cm³/mol. The van der Waals surface area contributed by atoms with Gasteiger partial charge in [0, 0.05) is 10.9 Å². The standard InChI is InChI=1S/C13H14BrNO3/c1-8-2-3-9(6-11(8)14)13(17)18-7-10-4-5-12(16)15-10/h2-3,6,10H,4-5,7H2,1H3,(H,15,16). The summed E-state index contributed by atoms with van der Waals surface area (Å²) in [6.07, 6.45) is 1.24. The number of esters is 1. The van der Waals surface area contributed by atoms with Gasteiger partial charge in [0.2, 0.25) is 5.91 Å². The van der Waals surface area contributed by atoms with Crippen molar-refractivity contribution in [2.24, 2.45) is 0 Å². The van der Waals surface area contributed by atoms with Crippen molar-refractivity contribution in [2.45, 2.75) is 25.8 Å². The van der Waals surface area contributed by atoms with Crippen LogP contribution >= 0.6 is 15.9 Å². The van der Waals surface area contributed by atoms with Crippen LogP contribution < -0.4 is 5.32 Å². The van der Waals surface area contributed by atoms with E-state index in [0.29, 0.717) is 12.0 Å². The molecule has 1 aromatic rings. The highest BCUT2D eigenvalue weighted by molar-refractivity contribution is 9.10. The molecule has 18 heavy (non-hydrogen) atoms. The van der Waals surface area contributed by atoms with Crippen LogP contribution in [0.4, 0.5) is 0 Å². The fourth-order valence-corrected chi connectivity index (χ4v) is 2.16. The molecule has 0 radical (unpaired) electrons. The Labute approximate surface area is 114 Å². The van der Waals surface area contributed by atoms with E-state index in [1.807, 2.05) is 13.0 Å². The molecule has 1 unspecified atom stereocenters. The van der Waals surface area contributed by atoms with Crippen molar-refractivity contribution in [1.82, 2.24) is 5.32 Å². The van der Waals surface area contributed by atoms with Gasteiger partial charge in [0.15, 0.2) is 0 Å². The molecule has 96 valence electrons. The third-order valence-corrected chi connectivity index (χ3v) is 3.76. The first-order chi connectivity index (χ1) is 8.56. The van der Waals surface area contributed by atoms with Gasteiger partial charge in [-0.05, 0) is 31.0 Å². The Kier molecular flexibility index (Phi) is 4.01. The Bertz CT molecular complexity index is 487. The summed E-state index contributed by atoms with van der Waals surface area (Å²) < 4.78 is 6.06. The lowest BCUT2D eigenvalue weighted by molar-refractivity contribution is -0.119. The van der Waals surface area contributed by atoms with Gasteiger partial charge in [0.1, 0.15) is 6.61 Å². The van der Waals surface area contributed by atoms with Gasteiger partial charge >= 0.3 is 5.97 Å². The Balaban J connectivity index is 1.91. The zero-order valence-electron chi connectivity index (χ0n) is 10.0. The lowest BCUT2D eigenvalue weighted by Crippen LogP contribution is -2.30. The average Bonchev–Trinajstić information content (AvgIpc) is 2.75. The van der Waals surface area contributed by atoms with E-state index in [4.69, 9.17) is 4.74 Å². The molecule has 5 heteroatoms. The number of hydrogen-bond acceptors (Lipinski definition) is 3. The van der Waals surface area contributed by atoms with E-state index in [1.165, 1.54) is 0 Å². The van der Waals surface area contributed by atoms with Crippen LogP contribution in [-0.4, -0.2) is 24.5 Å². The molecule has 1 saturated heterocycles. The van der Waals surface area contributed by atoms with E-state index in [9.17, 15) is 9.59 Å². The molecule has 1 fully saturated rings. The third kappa shape index (κ3) is 3.10. The lowest BCUT2D eigenvalue weighted by Gasteiger charge is -2.11. The number of benzene rings is 1. The van der Waals surface area contributed by atoms with Crippen LogP contribution in [0.2, 0.25) is 0 Å². The number of amides is 1. The van der Waals surface area contributed by atoms with E-state index in [0.717, 1.165) is 16.5 Å². The molecule has 1 aliphatic rings. The molecule has 1 aromatic carbocycles. The van der Waals surface area contributed by atoms with Gasteiger partial charge < -0.3 is 10.1 Å². The largest absolute Gasteiger partial charge is 0.460 e. The molecular formula is C13H14BrNO3. The quantitative estimate of drug-likeness (QED) is 0.871. The second-order valence-electron chi connectivity index (χ2n) is 4.37. The Hall–Kier alpha value is -1.36. The van der Waals surface area contributed by atoms with Gasteiger partial charge in [0.25, 0.3) is 0 Å².